The molecule has 0 fully saturated rings. The van der Waals surface area contributed by atoms with Gasteiger partial charge in [0.05, 0.1) is 14.2 Å². The highest BCUT2D eigenvalue weighted by Crippen LogP contribution is 2.25. The van der Waals surface area contributed by atoms with Crippen molar-refractivity contribution in [2.45, 2.75) is 13.0 Å². The van der Waals surface area contributed by atoms with Crippen LogP contribution in [0.25, 0.3) is 10.9 Å². The predicted octanol–water partition coefficient (Wildman–Crippen LogP) is 3.44. The van der Waals surface area contributed by atoms with Crippen LogP contribution in [-0.2, 0) is 13.0 Å². The molecule has 3 aromatic rings. The van der Waals surface area contributed by atoms with Crippen LogP contribution in [0.1, 0.15) is 11.1 Å². The lowest BCUT2D eigenvalue weighted by Gasteiger charge is -2.23. The molecule has 6 nitrogen and oxygen atoms in total. The summed E-state index contributed by atoms with van der Waals surface area (Å²) in [5, 5.41) is 4.72. The van der Waals surface area contributed by atoms with Crippen LogP contribution in [0.15, 0.2) is 53.7 Å². The van der Waals surface area contributed by atoms with E-state index in [1.165, 1.54) is 16.5 Å². The zero-order chi connectivity index (χ0) is 19.9. The molecular formula is C22H28N4O2. The second-order valence-corrected chi connectivity index (χ2v) is 6.62. The number of hydrogen-bond donors (Lipinski definition) is 2. The van der Waals surface area contributed by atoms with Crippen LogP contribution in [0.4, 0.5) is 0 Å². The molecule has 0 saturated heterocycles. The maximum atomic E-state index is 5.50. The van der Waals surface area contributed by atoms with Gasteiger partial charge >= 0.3 is 0 Å². The second kappa shape index (κ2) is 9.17. The van der Waals surface area contributed by atoms with Crippen molar-refractivity contribution < 1.29 is 9.47 Å². The van der Waals surface area contributed by atoms with Gasteiger partial charge in [0.2, 0.25) is 0 Å². The lowest BCUT2D eigenvalue weighted by Crippen LogP contribution is -2.39. The van der Waals surface area contributed by atoms with Crippen LogP contribution in [0, 0.1) is 0 Å². The molecule has 0 aliphatic rings. The Hall–Kier alpha value is -3.15. The van der Waals surface area contributed by atoms with Crippen molar-refractivity contribution in [2.75, 3.05) is 34.9 Å². The summed E-state index contributed by atoms with van der Waals surface area (Å²) in [6.07, 6.45) is 3.00. The first kappa shape index (κ1) is 19.6. The topological polar surface area (TPSA) is 61.9 Å². The molecule has 28 heavy (non-hydrogen) atoms. The van der Waals surface area contributed by atoms with E-state index in [9.17, 15) is 0 Å². The second-order valence-electron chi connectivity index (χ2n) is 6.62. The Balaban J connectivity index is 1.60. The first-order valence-electron chi connectivity index (χ1n) is 9.34. The minimum Gasteiger partial charge on any atom is -0.497 e. The van der Waals surface area contributed by atoms with Crippen molar-refractivity contribution in [1.29, 1.82) is 0 Å². The molecule has 0 aliphatic carbocycles. The van der Waals surface area contributed by atoms with Crippen LogP contribution in [0.2, 0.25) is 0 Å². The van der Waals surface area contributed by atoms with Crippen LogP contribution in [-0.4, -0.2) is 50.7 Å². The number of ether oxygens (including phenoxy) is 2. The third-order valence-electron chi connectivity index (χ3n) is 4.83. The van der Waals surface area contributed by atoms with Crippen molar-refractivity contribution in [3.05, 3.63) is 59.8 Å². The molecule has 0 radical (unpaired) electrons. The molecular weight excluding hydrogens is 352 g/mol. The number of benzene rings is 2. The molecule has 0 amide bonds. The molecule has 3 rings (SSSR count). The maximum absolute atomic E-state index is 5.50. The molecule has 0 atom stereocenters. The molecule has 6 heteroatoms. The van der Waals surface area contributed by atoms with Gasteiger partial charge in [-0.3, -0.25) is 4.99 Å². The molecule has 0 aliphatic heterocycles. The van der Waals surface area contributed by atoms with E-state index in [-0.39, 0.29) is 0 Å². The number of H-pyrrole nitrogens is 1. The number of aliphatic imine (C=N–C) groups is 1. The van der Waals surface area contributed by atoms with E-state index in [0.29, 0.717) is 6.54 Å². The van der Waals surface area contributed by atoms with Gasteiger partial charge in [-0.15, -0.1) is 0 Å². The Bertz CT molecular complexity index is 949. The van der Waals surface area contributed by atoms with Crippen molar-refractivity contribution in [3.8, 4) is 11.5 Å². The monoisotopic (exact) mass is 380 g/mol. The fraction of sp³-hybridized carbons (Fsp3) is 0.318. The fourth-order valence-corrected chi connectivity index (χ4v) is 3.35. The smallest absolute Gasteiger partial charge is 0.193 e. The lowest BCUT2D eigenvalue weighted by atomic mass is 10.1. The molecule has 2 N–H and O–H groups in total. The van der Waals surface area contributed by atoms with E-state index in [0.717, 1.165) is 36.0 Å². The third kappa shape index (κ3) is 4.39. The molecule has 0 spiro atoms. The van der Waals surface area contributed by atoms with Crippen molar-refractivity contribution >= 4 is 16.9 Å². The van der Waals surface area contributed by atoms with Crippen molar-refractivity contribution in [3.63, 3.8) is 0 Å². The highest BCUT2D eigenvalue weighted by molar-refractivity contribution is 5.83. The van der Waals surface area contributed by atoms with E-state index < -0.39 is 0 Å². The van der Waals surface area contributed by atoms with Gasteiger partial charge in [0.1, 0.15) is 11.5 Å². The third-order valence-corrected chi connectivity index (χ3v) is 4.83. The molecule has 0 unspecified atom stereocenters. The van der Waals surface area contributed by atoms with Gasteiger partial charge in [0.15, 0.2) is 5.96 Å². The number of fused-ring (bicyclic) bond motifs is 1. The summed E-state index contributed by atoms with van der Waals surface area (Å²) in [7, 11) is 7.15. The number of nitrogens with zero attached hydrogens (tertiary/aromatic N) is 2. The highest BCUT2D eigenvalue weighted by atomic mass is 16.5. The van der Waals surface area contributed by atoms with Crippen LogP contribution < -0.4 is 14.8 Å². The number of hydrogen-bond acceptors (Lipinski definition) is 3. The van der Waals surface area contributed by atoms with Gasteiger partial charge in [0, 0.05) is 55.9 Å². The minimum absolute atomic E-state index is 0.680. The lowest BCUT2D eigenvalue weighted by molar-refractivity contribution is 0.382. The highest BCUT2D eigenvalue weighted by Gasteiger charge is 2.11. The zero-order valence-corrected chi connectivity index (χ0v) is 17.0. The SMILES string of the molecule is CN=C(NCCc1c[nH]c2ccccc12)N(C)Cc1ccc(OC)cc1OC. The zero-order valence-electron chi connectivity index (χ0n) is 17.0. The summed E-state index contributed by atoms with van der Waals surface area (Å²) in [6, 6.07) is 14.2. The van der Waals surface area contributed by atoms with Crippen LogP contribution in [0.3, 0.4) is 0 Å². The predicted molar refractivity (Wildman–Crippen MR) is 114 cm³/mol. The van der Waals surface area contributed by atoms with E-state index in [1.807, 2.05) is 31.3 Å². The number of para-hydroxylation sites is 1. The fourth-order valence-electron chi connectivity index (χ4n) is 3.35. The summed E-state index contributed by atoms with van der Waals surface area (Å²) in [4.78, 5) is 9.82. The summed E-state index contributed by atoms with van der Waals surface area (Å²) in [5.41, 5.74) is 3.55. The standard InChI is InChI=1S/C22H28N4O2/c1-23-22(24-12-11-16-14-25-20-8-6-5-7-19(16)20)26(2)15-17-9-10-18(27-3)13-21(17)28-4/h5-10,13-14,25H,11-12,15H2,1-4H3,(H,23,24). The summed E-state index contributed by atoms with van der Waals surface area (Å²) in [6.45, 7) is 1.48. The number of aromatic nitrogens is 1. The molecule has 1 heterocycles. The van der Waals surface area contributed by atoms with Gasteiger partial charge in [-0.1, -0.05) is 18.2 Å². The van der Waals surface area contributed by atoms with Gasteiger partial charge in [-0.2, -0.15) is 0 Å². The van der Waals surface area contributed by atoms with Gasteiger partial charge in [0.25, 0.3) is 0 Å². The molecule has 148 valence electrons. The Morgan fingerprint density at radius 1 is 1.11 bits per heavy atom. The number of rotatable bonds is 7. The number of methoxy groups -OCH3 is 2. The molecule has 0 saturated carbocycles. The van der Waals surface area contributed by atoms with Crippen LogP contribution >= 0.6 is 0 Å². The van der Waals surface area contributed by atoms with E-state index >= 15 is 0 Å². The number of aromatic amines is 1. The quantitative estimate of drug-likeness (QED) is 0.487. The van der Waals surface area contributed by atoms with E-state index in [4.69, 9.17) is 9.47 Å². The molecule has 1 aromatic heterocycles. The Labute approximate surface area is 166 Å². The maximum Gasteiger partial charge on any atom is 0.193 e. The first-order chi connectivity index (χ1) is 13.7. The van der Waals surface area contributed by atoms with Gasteiger partial charge in [-0.25, -0.2) is 0 Å². The van der Waals surface area contributed by atoms with Crippen molar-refractivity contribution in [1.82, 2.24) is 15.2 Å². The summed E-state index contributed by atoms with van der Waals surface area (Å²) >= 11 is 0. The Kier molecular flexibility index (Phi) is 6.42. The number of guanidine groups is 1. The van der Waals surface area contributed by atoms with E-state index in [1.54, 1.807) is 21.3 Å². The first-order valence-corrected chi connectivity index (χ1v) is 9.34. The number of nitrogens with one attached hydrogen (secondary N) is 2. The average molecular weight is 380 g/mol. The molecule has 2 aromatic carbocycles. The van der Waals surface area contributed by atoms with Gasteiger partial charge in [-0.05, 0) is 30.2 Å². The Morgan fingerprint density at radius 2 is 1.93 bits per heavy atom. The largest absolute Gasteiger partial charge is 0.497 e. The summed E-state index contributed by atoms with van der Waals surface area (Å²) in [5.74, 6) is 2.43. The average Bonchev–Trinajstić information content (AvgIpc) is 3.14. The molecule has 0 bridgehead atoms. The van der Waals surface area contributed by atoms with Crippen LogP contribution in [0.5, 0.6) is 11.5 Å². The minimum atomic E-state index is 0.680. The Morgan fingerprint density at radius 3 is 2.68 bits per heavy atom. The van der Waals surface area contributed by atoms with E-state index in [2.05, 4.69) is 44.6 Å². The van der Waals surface area contributed by atoms with Crippen molar-refractivity contribution in [2.24, 2.45) is 4.99 Å². The summed E-state index contributed by atoms with van der Waals surface area (Å²) < 4.78 is 10.8. The van der Waals surface area contributed by atoms with Gasteiger partial charge < -0.3 is 24.7 Å². The normalized spacial score (nSPS) is 11.5.